The first kappa shape index (κ1) is 19.3. The van der Waals surface area contributed by atoms with E-state index in [-0.39, 0.29) is 35.6 Å². The van der Waals surface area contributed by atoms with Gasteiger partial charge < -0.3 is 19.1 Å². The molecule has 0 saturated carbocycles. The molecule has 1 atom stereocenters. The van der Waals surface area contributed by atoms with Crippen molar-refractivity contribution >= 4 is 34.4 Å². The van der Waals surface area contributed by atoms with Crippen LogP contribution in [0, 0.1) is 0 Å². The predicted octanol–water partition coefficient (Wildman–Crippen LogP) is 3.65. The molecule has 3 heterocycles. The fraction of sp³-hybridized carbons (Fsp3) is 0.286. The average molecular weight is 415 g/mol. The van der Waals surface area contributed by atoms with Gasteiger partial charge >= 0.3 is 0 Å². The predicted molar refractivity (Wildman–Crippen MR) is 107 cm³/mol. The highest BCUT2D eigenvalue weighted by molar-refractivity contribution is 6.31. The highest BCUT2D eigenvalue weighted by Crippen LogP contribution is 2.34. The van der Waals surface area contributed by atoms with Crippen LogP contribution < -0.4 is 10.7 Å². The third-order valence-corrected chi connectivity index (χ3v) is 5.17. The van der Waals surface area contributed by atoms with Crippen molar-refractivity contribution in [3.63, 3.8) is 0 Å². The van der Waals surface area contributed by atoms with Crippen LogP contribution in [0.4, 0.5) is 0 Å². The first-order valence-corrected chi connectivity index (χ1v) is 9.67. The first-order valence-electron chi connectivity index (χ1n) is 9.30. The Morgan fingerprint density at radius 3 is 2.83 bits per heavy atom. The van der Waals surface area contributed by atoms with E-state index in [0.717, 1.165) is 12.8 Å². The second kappa shape index (κ2) is 7.75. The lowest BCUT2D eigenvalue weighted by Gasteiger charge is -2.22. The van der Waals surface area contributed by atoms with Crippen LogP contribution in [-0.4, -0.2) is 23.3 Å². The zero-order chi connectivity index (χ0) is 20.5. The summed E-state index contributed by atoms with van der Waals surface area (Å²) in [4.78, 5) is 38.2. The summed E-state index contributed by atoms with van der Waals surface area (Å²) in [5.41, 5.74) is 0.0000259. The van der Waals surface area contributed by atoms with Gasteiger partial charge in [0, 0.05) is 24.6 Å². The molecular weight excluding hydrogens is 396 g/mol. The van der Waals surface area contributed by atoms with Crippen LogP contribution in [-0.2, 0) is 11.3 Å². The van der Waals surface area contributed by atoms with Crippen molar-refractivity contribution in [1.29, 1.82) is 0 Å². The molecular formula is C21H19ClN2O5. The quantitative estimate of drug-likeness (QED) is 0.703. The summed E-state index contributed by atoms with van der Waals surface area (Å²) in [5.74, 6) is 0.742. The Kier molecular flexibility index (Phi) is 5.15. The standard InChI is InChI=1S/C21H19ClN2O5/c1-12(25)23-11-14-5-7-19(28-14)16-3-2-8-24(16)21(27)20-10-17(26)15-9-13(22)4-6-18(15)29-20/h4-7,9-10,16H,2-3,8,11H2,1H3,(H,23,25). The van der Waals surface area contributed by atoms with Gasteiger partial charge in [-0.05, 0) is 43.2 Å². The maximum atomic E-state index is 13.1. The fourth-order valence-corrected chi connectivity index (χ4v) is 3.73. The fourth-order valence-electron chi connectivity index (χ4n) is 3.56. The van der Waals surface area contributed by atoms with Crippen LogP contribution >= 0.6 is 11.6 Å². The van der Waals surface area contributed by atoms with Crippen molar-refractivity contribution in [2.75, 3.05) is 6.54 Å². The van der Waals surface area contributed by atoms with E-state index >= 15 is 0 Å². The number of hydrogen-bond acceptors (Lipinski definition) is 5. The zero-order valence-electron chi connectivity index (χ0n) is 15.7. The minimum Gasteiger partial charge on any atom is -0.462 e. The van der Waals surface area contributed by atoms with Crippen molar-refractivity contribution in [2.45, 2.75) is 32.4 Å². The molecule has 2 amide bonds. The molecule has 2 aromatic heterocycles. The lowest BCUT2D eigenvalue weighted by Crippen LogP contribution is -2.31. The van der Waals surface area contributed by atoms with E-state index in [0.29, 0.717) is 34.1 Å². The monoisotopic (exact) mass is 414 g/mol. The number of nitrogens with one attached hydrogen (secondary N) is 1. The van der Waals surface area contributed by atoms with Gasteiger partial charge in [-0.25, -0.2) is 0 Å². The second-order valence-corrected chi connectivity index (χ2v) is 7.42. The molecule has 0 aliphatic carbocycles. The molecule has 1 aliphatic rings. The molecule has 4 rings (SSSR count). The topological polar surface area (TPSA) is 92.8 Å². The Labute approximate surface area is 171 Å². The number of hydrogen-bond donors (Lipinski definition) is 1. The van der Waals surface area contributed by atoms with E-state index in [1.165, 1.54) is 19.1 Å². The number of carbonyl (C=O) groups is 2. The Hall–Kier alpha value is -3.06. The number of amides is 2. The van der Waals surface area contributed by atoms with Gasteiger partial charge in [0.1, 0.15) is 17.1 Å². The smallest absolute Gasteiger partial charge is 0.290 e. The number of furan rings is 1. The Bertz CT molecular complexity index is 1150. The van der Waals surface area contributed by atoms with Gasteiger partial charge in [-0.2, -0.15) is 0 Å². The van der Waals surface area contributed by atoms with Crippen LogP contribution in [0.15, 0.2) is 50.0 Å². The van der Waals surface area contributed by atoms with Crippen LogP contribution in [0.25, 0.3) is 11.0 Å². The number of halogens is 1. The van der Waals surface area contributed by atoms with Gasteiger partial charge in [0.05, 0.1) is 18.0 Å². The van der Waals surface area contributed by atoms with Gasteiger partial charge in [0.2, 0.25) is 5.91 Å². The molecule has 1 saturated heterocycles. The molecule has 1 fully saturated rings. The summed E-state index contributed by atoms with van der Waals surface area (Å²) >= 11 is 5.94. The maximum Gasteiger partial charge on any atom is 0.290 e. The summed E-state index contributed by atoms with van der Waals surface area (Å²) in [7, 11) is 0. The first-order chi connectivity index (χ1) is 13.9. The largest absolute Gasteiger partial charge is 0.462 e. The van der Waals surface area contributed by atoms with Crippen LogP contribution in [0.2, 0.25) is 5.02 Å². The molecule has 7 nitrogen and oxygen atoms in total. The molecule has 0 radical (unpaired) electrons. The minimum absolute atomic E-state index is 0.0123. The number of likely N-dealkylation sites (tertiary alicyclic amines) is 1. The van der Waals surface area contributed by atoms with Crippen molar-refractivity contribution in [3.05, 3.63) is 68.9 Å². The zero-order valence-corrected chi connectivity index (χ0v) is 16.5. The molecule has 1 aliphatic heterocycles. The molecule has 29 heavy (non-hydrogen) atoms. The van der Waals surface area contributed by atoms with E-state index in [2.05, 4.69) is 5.32 Å². The van der Waals surface area contributed by atoms with Crippen molar-refractivity contribution in [3.8, 4) is 0 Å². The van der Waals surface area contributed by atoms with E-state index in [1.54, 1.807) is 23.1 Å². The molecule has 0 spiro atoms. The average Bonchev–Trinajstić information content (AvgIpc) is 3.35. The lowest BCUT2D eigenvalue weighted by molar-refractivity contribution is -0.119. The SMILES string of the molecule is CC(=O)NCc1ccc(C2CCCN2C(=O)c2cc(=O)c3cc(Cl)ccc3o2)o1. The number of rotatable bonds is 4. The highest BCUT2D eigenvalue weighted by atomic mass is 35.5. The lowest BCUT2D eigenvalue weighted by atomic mass is 10.1. The summed E-state index contributed by atoms with van der Waals surface area (Å²) in [6.45, 7) is 2.26. The van der Waals surface area contributed by atoms with E-state index in [4.69, 9.17) is 20.4 Å². The minimum atomic E-state index is -0.360. The summed E-state index contributed by atoms with van der Waals surface area (Å²) < 4.78 is 11.5. The second-order valence-electron chi connectivity index (χ2n) is 6.99. The normalized spacial score (nSPS) is 16.3. The molecule has 1 N–H and O–H groups in total. The molecule has 0 bridgehead atoms. The maximum absolute atomic E-state index is 13.1. The molecule has 150 valence electrons. The third-order valence-electron chi connectivity index (χ3n) is 4.94. The molecule has 8 heteroatoms. The highest BCUT2D eigenvalue weighted by Gasteiger charge is 2.34. The Morgan fingerprint density at radius 2 is 2.03 bits per heavy atom. The Morgan fingerprint density at radius 1 is 1.21 bits per heavy atom. The van der Waals surface area contributed by atoms with Crippen LogP contribution in [0.1, 0.15) is 47.9 Å². The summed E-state index contributed by atoms with van der Waals surface area (Å²) in [6, 6.07) is 9.27. The van der Waals surface area contributed by atoms with E-state index in [9.17, 15) is 14.4 Å². The number of carbonyl (C=O) groups excluding carboxylic acids is 2. The van der Waals surface area contributed by atoms with Gasteiger partial charge in [-0.3, -0.25) is 14.4 Å². The third kappa shape index (κ3) is 3.91. The van der Waals surface area contributed by atoms with Crippen molar-refractivity contribution in [1.82, 2.24) is 10.2 Å². The van der Waals surface area contributed by atoms with Gasteiger partial charge in [0.25, 0.3) is 5.91 Å². The molecule has 3 aromatic rings. The van der Waals surface area contributed by atoms with Crippen molar-refractivity contribution < 1.29 is 18.4 Å². The van der Waals surface area contributed by atoms with Gasteiger partial charge in [-0.15, -0.1) is 0 Å². The molecule has 1 unspecified atom stereocenters. The number of nitrogens with zero attached hydrogens (tertiary/aromatic N) is 1. The summed E-state index contributed by atoms with van der Waals surface area (Å²) in [6.07, 6.45) is 1.55. The number of fused-ring (bicyclic) bond motifs is 1. The van der Waals surface area contributed by atoms with Gasteiger partial charge in [0.15, 0.2) is 11.2 Å². The van der Waals surface area contributed by atoms with Gasteiger partial charge in [-0.1, -0.05) is 11.6 Å². The van der Waals surface area contributed by atoms with Crippen LogP contribution in [0.5, 0.6) is 0 Å². The molecule has 1 aromatic carbocycles. The van der Waals surface area contributed by atoms with E-state index < -0.39 is 0 Å². The number of benzene rings is 1. The Balaban J connectivity index is 1.60. The van der Waals surface area contributed by atoms with Crippen LogP contribution in [0.3, 0.4) is 0 Å². The van der Waals surface area contributed by atoms with E-state index in [1.807, 2.05) is 6.07 Å². The summed E-state index contributed by atoms with van der Waals surface area (Å²) in [5, 5.41) is 3.44. The van der Waals surface area contributed by atoms with Crippen molar-refractivity contribution in [2.24, 2.45) is 0 Å².